The molecule has 0 aliphatic heterocycles. The van der Waals surface area contributed by atoms with Crippen LogP contribution in [0.4, 0.5) is 0 Å². The van der Waals surface area contributed by atoms with E-state index in [0.717, 1.165) is 28.2 Å². The summed E-state index contributed by atoms with van der Waals surface area (Å²) in [6, 6.07) is 4.31. The maximum absolute atomic E-state index is 6.05. The van der Waals surface area contributed by atoms with Crippen molar-refractivity contribution in [3.05, 3.63) is 44.7 Å². The minimum absolute atomic E-state index is 0.528. The van der Waals surface area contributed by atoms with Crippen molar-refractivity contribution in [3.8, 4) is 5.75 Å². The Bertz CT molecular complexity index is 609. The molecule has 20 heavy (non-hydrogen) atoms. The molecule has 0 saturated heterocycles. The number of hydrogen-bond acceptors (Lipinski definition) is 2. The van der Waals surface area contributed by atoms with Crippen molar-refractivity contribution >= 4 is 15.9 Å². The number of ether oxygens (including phenoxy) is 1. The quantitative estimate of drug-likeness (QED) is 0.823. The summed E-state index contributed by atoms with van der Waals surface area (Å²) in [5.74, 6) is 0.976. The highest BCUT2D eigenvalue weighted by Crippen LogP contribution is 2.27. The molecule has 0 aliphatic carbocycles. The Hall–Kier alpha value is -1.29. The molecule has 0 radical (unpaired) electrons. The molecule has 0 fully saturated rings. The number of aryl methyl sites for hydroxylation is 5. The number of hydrogen-bond donors (Lipinski definition) is 0. The molecule has 0 unspecified atom stereocenters. The van der Waals surface area contributed by atoms with Crippen LogP contribution in [0, 0.1) is 27.7 Å². The van der Waals surface area contributed by atoms with E-state index in [1.54, 1.807) is 0 Å². The van der Waals surface area contributed by atoms with Crippen LogP contribution in [0.3, 0.4) is 0 Å². The monoisotopic (exact) mass is 336 g/mol. The van der Waals surface area contributed by atoms with Gasteiger partial charge in [-0.3, -0.25) is 4.68 Å². The van der Waals surface area contributed by atoms with Crippen molar-refractivity contribution in [3.63, 3.8) is 0 Å². The van der Waals surface area contributed by atoms with Gasteiger partial charge in [0.2, 0.25) is 0 Å². The largest absolute Gasteiger partial charge is 0.487 e. The third-order valence-electron chi connectivity index (χ3n) is 3.41. The number of aromatic nitrogens is 2. The Balaban J connectivity index is 2.26. The lowest BCUT2D eigenvalue weighted by atomic mass is 10.1. The number of rotatable bonds is 4. The maximum atomic E-state index is 6.05. The predicted octanol–water partition coefficient (Wildman–Crippen LogP) is 4.48. The van der Waals surface area contributed by atoms with Gasteiger partial charge in [-0.1, -0.05) is 17.7 Å². The molecule has 0 saturated carbocycles. The first-order valence-corrected chi connectivity index (χ1v) is 7.65. The predicted molar refractivity (Wildman–Crippen MR) is 85.3 cm³/mol. The SMILES string of the molecule is CCn1nc(C)c(Br)c1COc1c(C)cc(C)cc1C. The van der Waals surface area contributed by atoms with E-state index in [1.807, 2.05) is 11.6 Å². The molecular formula is C16H21BrN2O. The smallest absolute Gasteiger partial charge is 0.131 e. The first kappa shape index (κ1) is 15.1. The van der Waals surface area contributed by atoms with Gasteiger partial charge in [0.25, 0.3) is 0 Å². The second kappa shape index (κ2) is 6.00. The van der Waals surface area contributed by atoms with E-state index in [4.69, 9.17) is 4.74 Å². The topological polar surface area (TPSA) is 27.1 Å². The minimum atomic E-state index is 0.528. The highest BCUT2D eigenvalue weighted by molar-refractivity contribution is 9.10. The molecule has 0 aliphatic rings. The molecule has 0 N–H and O–H groups in total. The Morgan fingerprint density at radius 2 is 1.75 bits per heavy atom. The van der Waals surface area contributed by atoms with Gasteiger partial charge in [0.05, 0.1) is 15.9 Å². The van der Waals surface area contributed by atoms with Crippen LogP contribution in [0.25, 0.3) is 0 Å². The van der Waals surface area contributed by atoms with Crippen molar-refractivity contribution in [2.24, 2.45) is 0 Å². The normalized spacial score (nSPS) is 10.9. The van der Waals surface area contributed by atoms with Gasteiger partial charge in [0.1, 0.15) is 12.4 Å². The molecule has 1 aromatic carbocycles. The zero-order chi connectivity index (χ0) is 14.9. The lowest BCUT2D eigenvalue weighted by molar-refractivity contribution is 0.288. The van der Waals surface area contributed by atoms with Crippen molar-refractivity contribution < 1.29 is 4.74 Å². The second-order valence-electron chi connectivity index (χ2n) is 5.18. The van der Waals surface area contributed by atoms with E-state index in [0.29, 0.717) is 6.61 Å². The summed E-state index contributed by atoms with van der Waals surface area (Å²) in [5.41, 5.74) is 5.71. The molecule has 108 valence electrons. The molecule has 0 spiro atoms. The second-order valence-corrected chi connectivity index (χ2v) is 5.97. The zero-order valence-electron chi connectivity index (χ0n) is 12.7. The highest BCUT2D eigenvalue weighted by atomic mass is 79.9. The van der Waals surface area contributed by atoms with E-state index in [9.17, 15) is 0 Å². The zero-order valence-corrected chi connectivity index (χ0v) is 14.3. The van der Waals surface area contributed by atoms with Crippen LogP contribution < -0.4 is 4.74 Å². The average Bonchev–Trinajstić information content (AvgIpc) is 2.64. The molecule has 0 atom stereocenters. The van der Waals surface area contributed by atoms with Crippen LogP contribution in [0.5, 0.6) is 5.75 Å². The van der Waals surface area contributed by atoms with Gasteiger partial charge in [-0.05, 0) is 61.7 Å². The fraction of sp³-hybridized carbons (Fsp3) is 0.438. The summed E-state index contributed by atoms with van der Waals surface area (Å²) < 4.78 is 9.08. The Morgan fingerprint density at radius 3 is 2.30 bits per heavy atom. The first-order chi connectivity index (χ1) is 9.43. The maximum Gasteiger partial charge on any atom is 0.131 e. The van der Waals surface area contributed by atoms with Crippen LogP contribution >= 0.6 is 15.9 Å². The minimum Gasteiger partial charge on any atom is -0.487 e. The highest BCUT2D eigenvalue weighted by Gasteiger charge is 2.14. The van der Waals surface area contributed by atoms with Gasteiger partial charge in [0, 0.05) is 6.54 Å². The van der Waals surface area contributed by atoms with Crippen LogP contribution in [-0.4, -0.2) is 9.78 Å². The third-order valence-corrected chi connectivity index (χ3v) is 4.44. The van der Waals surface area contributed by atoms with Gasteiger partial charge in [-0.25, -0.2) is 0 Å². The summed E-state index contributed by atoms with van der Waals surface area (Å²) in [5, 5.41) is 4.49. The van der Waals surface area contributed by atoms with Crippen molar-refractivity contribution in [1.29, 1.82) is 0 Å². The van der Waals surface area contributed by atoms with Crippen molar-refractivity contribution in [1.82, 2.24) is 9.78 Å². The molecule has 1 aromatic heterocycles. The Morgan fingerprint density at radius 1 is 1.15 bits per heavy atom. The van der Waals surface area contributed by atoms with Crippen LogP contribution in [0.1, 0.15) is 35.0 Å². The molecule has 0 amide bonds. The van der Waals surface area contributed by atoms with E-state index < -0.39 is 0 Å². The fourth-order valence-electron chi connectivity index (χ4n) is 2.54. The molecule has 4 heteroatoms. The van der Waals surface area contributed by atoms with E-state index in [1.165, 1.54) is 16.7 Å². The number of benzene rings is 1. The molecule has 3 nitrogen and oxygen atoms in total. The fourth-order valence-corrected chi connectivity index (χ4v) is 2.94. The van der Waals surface area contributed by atoms with Crippen molar-refractivity contribution in [2.75, 3.05) is 0 Å². The lowest BCUT2D eigenvalue weighted by Gasteiger charge is -2.14. The van der Waals surface area contributed by atoms with Gasteiger partial charge >= 0.3 is 0 Å². The van der Waals surface area contributed by atoms with Gasteiger partial charge in [0.15, 0.2) is 0 Å². The van der Waals surface area contributed by atoms with E-state index >= 15 is 0 Å². The van der Waals surface area contributed by atoms with Crippen LogP contribution in [-0.2, 0) is 13.2 Å². The summed E-state index contributed by atoms with van der Waals surface area (Å²) in [4.78, 5) is 0. The van der Waals surface area contributed by atoms with Crippen molar-refractivity contribution in [2.45, 2.75) is 47.8 Å². The standard InChI is InChI=1S/C16H21BrN2O/c1-6-19-14(15(17)13(5)18-19)9-20-16-11(3)7-10(2)8-12(16)4/h7-8H,6,9H2,1-5H3. The van der Waals surface area contributed by atoms with E-state index in [2.05, 4.69) is 60.9 Å². The average molecular weight is 337 g/mol. The number of nitrogens with zero attached hydrogens (tertiary/aromatic N) is 2. The first-order valence-electron chi connectivity index (χ1n) is 6.86. The van der Waals surface area contributed by atoms with Crippen LogP contribution in [0.15, 0.2) is 16.6 Å². The summed E-state index contributed by atoms with van der Waals surface area (Å²) >= 11 is 3.60. The third kappa shape index (κ3) is 2.90. The summed E-state index contributed by atoms with van der Waals surface area (Å²) in [6.07, 6.45) is 0. The van der Waals surface area contributed by atoms with Gasteiger partial charge in [-0.15, -0.1) is 0 Å². The van der Waals surface area contributed by atoms with E-state index in [-0.39, 0.29) is 0 Å². The Labute approximate surface area is 129 Å². The van der Waals surface area contributed by atoms with Gasteiger partial charge < -0.3 is 4.74 Å². The summed E-state index contributed by atoms with van der Waals surface area (Å²) in [6.45, 7) is 11.7. The van der Waals surface area contributed by atoms with Gasteiger partial charge in [-0.2, -0.15) is 5.10 Å². The molecule has 2 aromatic rings. The molecular weight excluding hydrogens is 316 g/mol. The summed E-state index contributed by atoms with van der Waals surface area (Å²) in [7, 11) is 0. The molecule has 1 heterocycles. The molecule has 2 rings (SSSR count). The Kier molecular flexibility index (Phi) is 4.53. The molecule has 0 bridgehead atoms. The lowest BCUT2D eigenvalue weighted by Crippen LogP contribution is -2.07. The van der Waals surface area contributed by atoms with Crippen LogP contribution in [0.2, 0.25) is 0 Å². The number of halogens is 1.